The van der Waals surface area contributed by atoms with Crippen LogP contribution in [0, 0.1) is 5.92 Å². The van der Waals surface area contributed by atoms with Gasteiger partial charge < -0.3 is 0 Å². The van der Waals surface area contributed by atoms with Gasteiger partial charge in [0.1, 0.15) is 0 Å². The molecule has 0 bridgehead atoms. The van der Waals surface area contributed by atoms with Gasteiger partial charge in [0.15, 0.2) is 5.78 Å². The first-order valence-corrected chi connectivity index (χ1v) is 8.38. The molecule has 1 radical (unpaired) electrons. The van der Waals surface area contributed by atoms with Crippen LogP contribution in [-0.4, -0.2) is 12.1 Å². The number of hydrogen-bond donors (Lipinski definition) is 0. The van der Waals surface area contributed by atoms with Crippen molar-refractivity contribution in [2.75, 3.05) is 0 Å². The fraction of sp³-hybridized carbons (Fsp3) is 0.364. The molecule has 0 aliphatic carbocycles. The highest BCUT2D eigenvalue weighted by Crippen LogP contribution is 2.25. The van der Waals surface area contributed by atoms with Crippen LogP contribution in [0.15, 0.2) is 42.5 Å². The largest absolute Gasteiger partial charge is 0.289 e. The van der Waals surface area contributed by atoms with E-state index in [1.54, 1.807) is 6.07 Å². The lowest BCUT2D eigenvalue weighted by molar-refractivity contribution is 0.103. The molecule has 2 heteroatoms. The minimum atomic E-state index is -0.129. The Morgan fingerprint density at radius 3 is 2.17 bits per heavy atom. The van der Waals surface area contributed by atoms with Crippen LogP contribution < -0.4 is 0 Å². The van der Waals surface area contributed by atoms with E-state index < -0.39 is 0 Å². The molecule has 0 N–H and O–H groups in total. The van der Waals surface area contributed by atoms with Gasteiger partial charge in [-0.2, -0.15) is 0 Å². The van der Waals surface area contributed by atoms with Gasteiger partial charge in [0, 0.05) is 16.7 Å². The topological polar surface area (TPSA) is 34.1 Å². The average Bonchev–Trinajstić information content (AvgIpc) is 2.53. The first-order chi connectivity index (χ1) is 11.2. The van der Waals surface area contributed by atoms with E-state index in [9.17, 15) is 9.59 Å². The number of carbonyl (C=O) groups excluding carboxylic acids is 2. The molecular formula is C22H25O2. The minimum absolute atomic E-state index is 0.0857. The first-order valence-electron chi connectivity index (χ1n) is 8.38. The molecule has 0 saturated carbocycles. The zero-order chi connectivity index (χ0) is 17.9. The third-order valence-electron chi connectivity index (χ3n) is 4.10. The van der Waals surface area contributed by atoms with Crippen molar-refractivity contribution >= 4 is 12.1 Å². The standard InChI is InChI=1S/C22H25O2/c1-15(2)12-16-6-8-17(9-7-16)21(24)20-13-19(22(3,4)5)11-10-18(20)14-23/h6-11,13,15H,12H2,1-5H3. The summed E-state index contributed by atoms with van der Waals surface area (Å²) in [4.78, 5) is 24.1. The zero-order valence-electron chi connectivity index (χ0n) is 15.1. The van der Waals surface area contributed by atoms with Gasteiger partial charge in [0.2, 0.25) is 6.29 Å². The number of ketones is 1. The number of carbonyl (C=O) groups is 1. The third-order valence-corrected chi connectivity index (χ3v) is 4.10. The van der Waals surface area contributed by atoms with Crippen molar-refractivity contribution in [1.29, 1.82) is 0 Å². The van der Waals surface area contributed by atoms with Crippen molar-refractivity contribution in [2.24, 2.45) is 5.92 Å². The highest BCUT2D eigenvalue weighted by atomic mass is 16.1. The fourth-order valence-corrected chi connectivity index (χ4v) is 2.71. The molecule has 2 rings (SSSR count). The van der Waals surface area contributed by atoms with E-state index in [1.807, 2.05) is 42.7 Å². The molecule has 24 heavy (non-hydrogen) atoms. The van der Waals surface area contributed by atoms with Crippen LogP contribution >= 0.6 is 0 Å². The summed E-state index contributed by atoms with van der Waals surface area (Å²) in [5.41, 5.74) is 3.50. The van der Waals surface area contributed by atoms with E-state index in [-0.39, 0.29) is 11.2 Å². The smallest absolute Gasteiger partial charge is 0.234 e. The van der Waals surface area contributed by atoms with Gasteiger partial charge in [0.05, 0.1) is 0 Å². The van der Waals surface area contributed by atoms with E-state index in [1.165, 1.54) is 5.56 Å². The Bertz CT molecular complexity index is 732. The van der Waals surface area contributed by atoms with Crippen molar-refractivity contribution in [2.45, 2.75) is 46.5 Å². The second-order valence-corrected chi connectivity index (χ2v) is 7.74. The van der Waals surface area contributed by atoms with Gasteiger partial charge in [-0.05, 0) is 41.0 Å². The summed E-state index contributed by atoms with van der Waals surface area (Å²) >= 11 is 0. The molecule has 125 valence electrons. The Labute approximate surface area is 144 Å². The molecule has 0 atom stereocenters. The Morgan fingerprint density at radius 2 is 1.67 bits per heavy atom. The predicted molar refractivity (Wildman–Crippen MR) is 98.4 cm³/mol. The van der Waals surface area contributed by atoms with Gasteiger partial charge >= 0.3 is 0 Å². The normalized spacial score (nSPS) is 11.6. The molecule has 0 amide bonds. The Hall–Kier alpha value is -2.22. The molecule has 0 aromatic heterocycles. The quantitative estimate of drug-likeness (QED) is 0.736. The molecule has 0 aliphatic heterocycles. The summed E-state index contributed by atoms with van der Waals surface area (Å²) in [6.07, 6.45) is 2.88. The Kier molecular flexibility index (Phi) is 5.38. The molecule has 2 aromatic carbocycles. The van der Waals surface area contributed by atoms with Gasteiger partial charge in [-0.25, -0.2) is 0 Å². The number of hydrogen-bond acceptors (Lipinski definition) is 2. The molecule has 2 aromatic rings. The van der Waals surface area contributed by atoms with Gasteiger partial charge in [0.25, 0.3) is 0 Å². The second-order valence-electron chi connectivity index (χ2n) is 7.74. The van der Waals surface area contributed by atoms with Crippen LogP contribution in [0.4, 0.5) is 0 Å². The van der Waals surface area contributed by atoms with E-state index in [0.29, 0.717) is 22.6 Å². The SMILES string of the molecule is CC(C)Cc1ccc(C(=O)c2cc(C(C)(C)C)ccc2[C]=O)cc1. The molecule has 0 saturated heterocycles. The molecular weight excluding hydrogens is 296 g/mol. The molecule has 0 unspecified atom stereocenters. The summed E-state index contributed by atoms with van der Waals surface area (Å²) < 4.78 is 0. The monoisotopic (exact) mass is 321 g/mol. The first kappa shape index (κ1) is 18.1. The number of rotatable bonds is 5. The van der Waals surface area contributed by atoms with Crippen LogP contribution in [0.1, 0.15) is 67.2 Å². The number of benzene rings is 2. The maximum absolute atomic E-state index is 12.9. The second kappa shape index (κ2) is 7.12. The molecule has 0 spiro atoms. The third kappa shape index (κ3) is 4.19. The maximum Gasteiger partial charge on any atom is 0.234 e. The summed E-state index contributed by atoms with van der Waals surface area (Å²) in [5, 5.41) is 0. The van der Waals surface area contributed by atoms with Crippen LogP contribution in [0.2, 0.25) is 0 Å². The zero-order valence-corrected chi connectivity index (χ0v) is 15.1. The molecule has 0 heterocycles. The minimum Gasteiger partial charge on any atom is -0.289 e. The summed E-state index contributed by atoms with van der Waals surface area (Å²) in [6.45, 7) is 10.6. The highest BCUT2D eigenvalue weighted by molar-refractivity contribution is 6.12. The van der Waals surface area contributed by atoms with E-state index in [4.69, 9.17) is 0 Å². The maximum atomic E-state index is 12.9. The molecule has 2 nitrogen and oxygen atoms in total. The fourth-order valence-electron chi connectivity index (χ4n) is 2.71. The van der Waals surface area contributed by atoms with Crippen molar-refractivity contribution in [3.8, 4) is 0 Å². The highest BCUT2D eigenvalue weighted by Gasteiger charge is 2.19. The lowest BCUT2D eigenvalue weighted by Gasteiger charge is -2.20. The van der Waals surface area contributed by atoms with E-state index >= 15 is 0 Å². The van der Waals surface area contributed by atoms with E-state index in [2.05, 4.69) is 34.6 Å². The van der Waals surface area contributed by atoms with Crippen molar-refractivity contribution in [1.82, 2.24) is 0 Å². The van der Waals surface area contributed by atoms with Crippen molar-refractivity contribution in [3.05, 3.63) is 70.3 Å². The van der Waals surface area contributed by atoms with Crippen LogP contribution in [0.25, 0.3) is 0 Å². The van der Waals surface area contributed by atoms with Crippen LogP contribution in [-0.2, 0) is 16.6 Å². The summed E-state index contributed by atoms with van der Waals surface area (Å²) in [6, 6.07) is 13.1. The average molecular weight is 321 g/mol. The van der Waals surface area contributed by atoms with Gasteiger partial charge in [-0.3, -0.25) is 9.59 Å². The van der Waals surface area contributed by atoms with Crippen LogP contribution in [0.5, 0.6) is 0 Å². The van der Waals surface area contributed by atoms with Crippen LogP contribution in [0.3, 0.4) is 0 Å². The lowest BCUT2D eigenvalue weighted by atomic mass is 9.84. The van der Waals surface area contributed by atoms with Gasteiger partial charge in [-0.1, -0.05) is 65.0 Å². The predicted octanol–water partition coefficient (Wildman–Crippen LogP) is 4.87. The van der Waals surface area contributed by atoms with Gasteiger partial charge in [-0.15, -0.1) is 0 Å². The van der Waals surface area contributed by atoms with Crippen molar-refractivity contribution in [3.63, 3.8) is 0 Å². The lowest BCUT2D eigenvalue weighted by Crippen LogP contribution is -2.14. The molecule has 0 aliphatic rings. The summed E-state index contributed by atoms with van der Waals surface area (Å²) in [7, 11) is 0. The Morgan fingerprint density at radius 1 is 1.04 bits per heavy atom. The molecule has 0 fully saturated rings. The summed E-state index contributed by atoms with van der Waals surface area (Å²) in [5.74, 6) is 0.446. The Balaban J connectivity index is 2.39. The van der Waals surface area contributed by atoms with Crippen molar-refractivity contribution < 1.29 is 9.59 Å². The van der Waals surface area contributed by atoms with E-state index in [0.717, 1.165) is 12.0 Å².